The Kier molecular flexibility index (Phi) is 11.8. The number of carbonyl (C=O) groups excluding carboxylic acids is 2. The van der Waals surface area contributed by atoms with Crippen molar-refractivity contribution in [2.24, 2.45) is 0 Å². The van der Waals surface area contributed by atoms with E-state index in [2.05, 4.69) is 39.2 Å². The number of morpholine rings is 1. The Hall–Kier alpha value is -5.18. The maximum Gasteiger partial charge on any atom is 0.357 e. The molecule has 4 atom stereocenters. The van der Waals surface area contributed by atoms with E-state index in [0.717, 1.165) is 85.5 Å². The van der Waals surface area contributed by atoms with E-state index in [0.29, 0.717) is 47.1 Å². The Labute approximate surface area is 350 Å². The molecule has 3 aliphatic rings. The number of piperidine rings is 1. The van der Waals surface area contributed by atoms with Crippen molar-refractivity contribution >= 4 is 41.5 Å². The van der Waals surface area contributed by atoms with Gasteiger partial charge in [0.1, 0.15) is 11.9 Å². The van der Waals surface area contributed by atoms with Crippen molar-refractivity contribution in [2.45, 2.75) is 103 Å². The molecule has 3 aromatic heterocycles. The van der Waals surface area contributed by atoms with Gasteiger partial charge in [-0.1, -0.05) is 56.6 Å². The summed E-state index contributed by atoms with van der Waals surface area (Å²) in [5.41, 5.74) is 4.63. The fraction of sp³-hybridized carbons (Fsp3) is 0.477. The van der Waals surface area contributed by atoms with Crippen LogP contribution in [0.3, 0.4) is 0 Å². The summed E-state index contributed by atoms with van der Waals surface area (Å²) in [6.45, 7) is 14.9. The summed E-state index contributed by atoms with van der Waals surface area (Å²) in [7, 11) is 0. The van der Waals surface area contributed by atoms with Crippen LogP contribution in [0.5, 0.6) is 5.75 Å². The largest absolute Gasteiger partial charge is 0.484 e. The average Bonchev–Trinajstić information content (AvgIpc) is 3.86. The number of hydrogen-bond acceptors (Lipinski definition) is 10. The highest BCUT2D eigenvalue weighted by Gasteiger charge is 2.34. The number of halogens is 1. The quantitative estimate of drug-likeness (QED) is 0.104. The first kappa shape index (κ1) is 40.6. The molecule has 1 N–H and O–H groups in total. The van der Waals surface area contributed by atoms with Crippen LogP contribution in [0.1, 0.15) is 101 Å². The van der Waals surface area contributed by atoms with Crippen molar-refractivity contribution in [1.29, 1.82) is 0 Å². The molecule has 5 heterocycles. The Morgan fingerprint density at radius 2 is 1.75 bits per heavy atom. The number of nitrogens with zero attached hydrogens (tertiary/aromatic N) is 8. The molecule has 312 valence electrons. The zero-order valence-electron chi connectivity index (χ0n) is 34.5. The van der Waals surface area contributed by atoms with Gasteiger partial charge < -0.3 is 24.5 Å². The Morgan fingerprint density at radius 1 is 0.983 bits per heavy atom. The molecule has 2 aromatic carbocycles. The third-order valence-corrected chi connectivity index (χ3v) is 12.2. The molecule has 2 fully saturated rings. The van der Waals surface area contributed by atoms with Gasteiger partial charge in [0.05, 0.1) is 36.8 Å². The lowest BCUT2D eigenvalue weighted by atomic mass is 9.85. The molecule has 2 aliphatic heterocycles. The second kappa shape index (κ2) is 17.2. The molecule has 2 saturated heterocycles. The standard InChI is InChI=1S/C44H54ClN9O5/c1-29-9-8-10-30(2)52(29)42-48-47-40-18-14-33(27-51(40)42)59-38-17-16-37(34-11-6-7-12-35(34)38)46-43(56)54(58-28-55)41-26-39(44(3,4)5)49-53(41)32-13-15-36(45)31(25-32)19-20-50-21-23-57-24-22-50/h6-7,11-15,18,25-30,37-38H,8-10,16-17,19-24H2,1-5H3,(H,46,56)/t29-,30+,37-,38+/m0/s1. The zero-order chi connectivity index (χ0) is 41.3. The summed E-state index contributed by atoms with van der Waals surface area (Å²) in [4.78, 5) is 36.6. The Balaban J connectivity index is 1.04. The lowest BCUT2D eigenvalue weighted by molar-refractivity contribution is -0.129. The van der Waals surface area contributed by atoms with Crippen LogP contribution in [0.2, 0.25) is 5.02 Å². The number of urea groups is 1. The van der Waals surface area contributed by atoms with Crippen LogP contribution in [0, 0.1) is 0 Å². The van der Waals surface area contributed by atoms with Crippen LogP contribution in [0.4, 0.5) is 16.6 Å². The molecule has 0 unspecified atom stereocenters. The number of hydrogen-bond donors (Lipinski definition) is 1. The fourth-order valence-corrected chi connectivity index (χ4v) is 8.84. The molecule has 8 rings (SSSR count). The highest BCUT2D eigenvalue weighted by Crippen LogP contribution is 2.40. The van der Waals surface area contributed by atoms with Crippen LogP contribution < -0.4 is 20.0 Å². The number of carbonyl (C=O) groups is 2. The van der Waals surface area contributed by atoms with E-state index < -0.39 is 6.03 Å². The van der Waals surface area contributed by atoms with Gasteiger partial charge in [-0.3, -0.25) is 14.1 Å². The SMILES string of the molecule is C[C@@H]1CCC[C@H](C)N1c1nnc2ccc(O[C@@H]3CC[C@H](NC(=O)N(OC=O)c4cc(C(C)(C)C)nn4-c4ccc(Cl)c(CCN5CCOCC5)c4)c4ccccc43)cn12. The van der Waals surface area contributed by atoms with Gasteiger partial charge in [-0.2, -0.15) is 5.10 Å². The topological polar surface area (TPSA) is 132 Å². The summed E-state index contributed by atoms with van der Waals surface area (Å²) in [6, 6.07) is 19.1. The number of pyridine rings is 1. The van der Waals surface area contributed by atoms with Gasteiger partial charge in [-0.15, -0.1) is 15.3 Å². The van der Waals surface area contributed by atoms with E-state index in [4.69, 9.17) is 31.0 Å². The van der Waals surface area contributed by atoms with E-state index in [1.807, 2.05) is 86.0 Å². The summed E-state index contributed by atoms with van der Waals surface area (Å²) < 4.78 is 15.9. The van der Waals surface area contributed by atoms with Crippen molar-refractivity contribution in [3.05, 3.63) is 94.3 Å². The number of ether oxygens (including phenoxy) is 2. The highest BCUT2D eigenvalue weighted by atomic mass is 35.5. The van der Waals surface area contributed by atoms with E-state index >= 15 is 0 Å². The van der Waals surface area contributed by atoms with Crippen molar-refractivity contribution < 1.29 is 23.9 Å². The number of aromatic nitrogens is 5. The third kappa shape index (κ3) is 8.62. The number of anilines is 2. The number of benzene rings is 2. The van der Waals surface area contributed by atoms with Crippen LogP contribution in [0.15, 0.2) is 66.9 Å². The molecule has 0 spiro atoms. The van der Waals surface area contributed by atoms with Gasteiger partial charge in [0, 0.05) is 48.2 Å². The lowest BCUT2D eigenvalue weighted by Gasteiger charge is -2.39. The van der Waals surface area contributed by atoms with Gasteiger partial charge in [0.25, 0.3) is 0 Å². The average molecular weight is 824 g/mol. The summed E-state index contributed by atoms with van der Waals surface area (Å²) >= 11 is 6.72. The minimum Gasteiger partial charge on any atom is -0.484 e. The van der Waals surface area contributed by atoms with E-state index in [1.54, 1.807) is 10.7 Å². The number of nitrogens with one attached hydrogen (secondary N) is 1. The van der Waals surface area contributed by atoms with Crippen molar-refractivity contribution in [1.82, 2.24) is 34.6 Å². The van der Waals surface area contributed by atoms with Gasteiger partial charge >= 0.3 is 12.5 Å². The third-order valence-electron chi connectivity index (χ3n) is 11.9. The molecule has 0 radical (unpaired) electrons. The molecule has 2 amide bonds. The van der Waals surface area contributed by atoms with Gasteiger partial charge in [-0.05, 0) is 99.4 Å². The van der Waals surface area contributed by atoms with E-state index in [9.17, 15) is 9.59 Å². The first-order valence-electron chi connectivity index (χ1n) is 20.8. The van der Waals surface area contributed by atoms with Crippen LogP contribution in [-0.2, 0) is 26.2 Å². The summed E-state index contributed by atoms with van der Waals surface area (Å²) in [6.07, 6.45) is 7.10. The second-order valence-electron chi connectivity index (χ2n) is 17.0. The Bertz CT molecular complexity index is 2270. The molecule has 5 aromatic rings. The van der Waals surface area contributed by atoms with Crippen LogP contribution >= 0.6 is 11.6 Å². The first-order valence-corrected chi connectivity index (χ1v) is 21.2. The predicted octanol–water partition coefficient (Wildman–Crippen LogP) is 7.77. The first-order chi connectivity index (χ1) is 28.5. The lowest BCUT2D eigenvalue weighted by Crippen LogP contribution is -2.44. The summed E-state index contributed by atoms with van der Waals surface area (Å²) in [5.74, 6) is 1.82. The highest BCUT2D eigenvalue weighted by molar-refractivity contribution is 6.31. The molecule has 15 heteroatoms. The van der Waals surface area contributed by atoms with Crippen molar-refractivity contribution in [3.8, 4) is 11.4 Å². The van der Waals surface area contributed by atoms with Crippen LogP contribution in [0.25, 0.3) is 11.3 Å². The molecule has 14 nitrogen and oxygen atoms in total. The number of rotatable bonds is 11. The van der Waals surface area contributed by atoms with E-state index in [1.165, 1.54) is 6.42 Å². The molecule has 0 bridgehead atoms. The summed E-state index contributed by atoms with van der Waals surface area (Å²) in [5, 5.41) is 18.8. The number of fused-ring (bicyclic) bond motifs is 2. The number of amides is 2. The maximum atomic E-state index is 14.3. The van der Waals surface area contributed by atoms with Crippen molar-refractivity contribution in [2.75, 3.05) is 42.8 Å². The Morgan fingerprint density at radius 3 is 2.49 bits per heavy atom. The predicted molar refractivity (Wildman–Crippen MR) is 226 cm³/mol. The minimum absolute atomic E-state index is 0.257. The minimum atomic E-state index is -0.605. The molecule has 1 aliphatic carbocycles. The van der Waals surface area contributed by atoms with Gasteiger partial charge in [0.15, 0.2) is 11.5 Å². The van der Waals surface area contributed by atoms with Gasteiger partial charge in [0.2, 0.25) is 5.95 Å². The molecule has 59 heavy (non-hydrogen) atoms. The molecule has 0 saturated carbocycles. The fourth-order valence-electron chi connectivity index (χ4n) is 8.62. The maximum absolute atomic E-state index is 14.3. The number of hydroxylamine groups is 1. The molecular weight excluding hydrogens is 770 g/mol. The van der Waals surface area contributed by atoms with Crippen LogP contribution in [-0.4, -0.2) is 86.7 Å². The monoisotopic (exact) mass is 823 g/mol. The normalized spacial score (nSPS) is 21.2. The molecular formula is C44H54ClN9O5. The van der Waals surface area contributed by atoms with Gasteiger partial charge in [-0.25, -0.2) is 9.48 Å². The second-order valence-corrected chi connectivity index (χ2v) is 17.4. The smallest absolute Gasteiger partial charge is 0.357 e. The van der Waals surface area contributed by atoms with E-state index in [-0.39, 0.29) is 29.9 Å². The zero-order valence-corrected chi connectivity index (χ0v) is 35.3. The van der Waals surface area contributed by atoms with Crippen molar-refractivity contribution in [3.63, 3.8) is 0 Å².